The highest BCUT2D eigenvalue weighted by molar-refractivity contribution is 6.75. The van der Waals surface area contributed by atoms with Crippen LogP contribution in [0.25, 0.3) is 0 Å². The molecular formula is C27H54N2O6Si3. The van der Waals surface area contributed by atoms with E-state index in [1.54, 1.807) is 0 Å². The summed E-state index contributed by atoms with van der Waals surface area (Å²) >= 11 is 0. The van der Waals surface area contributed by atoms with Crippen molar-refractivity contribution in [2.24, 2.45) is 0 Å². The molecule has 0 aliphatic carbocycles. The summed E-state index contributed by atoms with van der Waals surface area (Å²) in [5.74, 6) is 0. The summed E-state index contributed by atoms with van der Waals surface area (Å²) in [6.07, 6.45) is -0.665. The second-order valence-corrected chi connectivity index (χ2v) is 29.7. The Labute approximate surface area is 233 Å². The second-order valence-electron chi connectivity index (χ2n) is 15.3. The first-order valence-electron chi connectivity index (χ1n) is 13.8. The van der Waals surface area contributed by atoms with Crippen LogP contribution >= 0.6 is 0 Å². The van der Waals surface area contributed by atoms with Gasteiger partial charge in [0, 0.05) is 12.3 Å². The van der Waals surface area contributed by atoms with Crippen LogP contribution in [0.5, 0.6) is 0 Å². The quantitative estimate of drug-likeness (QED) is 0.363. The molecule has 2 unspecified atom stereocenters. The van der Waals surface area contributed by atoms with E-state index in [1.165, 1.54) is 16.8 Å². The van der Waals surface area contributed by atoms with Crippen LogP contribution < -0.4 is 11.2 Å². The number of aromatic nitrogens is 2. The summed E-state index contributed by atoms with van der Waals surface area (Å²) in [4.78, 5) is 27.2. The Morgan fingerprint density at radius 2 is 1.24 bits per heavy atom. The molecule has 1 N–H and O–H groups in total. The molecule has 4 atom stereocenters. The van der Waals surface area contributed by atoms with Crippen molar-refractivity contribution in [3.05, 3.63) is 33.1 Å². The first kappa shape index (κ1) is 33.4. The minimum absolute atomic E-state index is 0.0354. The van der Waals surface area contributed by atoms with E-state index in [0.29, 0.717) is 6.61 Å². The molecule has 11 heteroatoms. The fourth-order valence-corrected chi connectivity index (χ4v) is 7.12. The zero-order valence-corrected chi connectivity index (χ0v) is 29.6. The molecule has 1 aliphatic rings. The number of nitrogens with zero attached hydrogens (tertiary/aromatic N) is 1. The summed E-state index contributed by atoms with van der Waals surface area (Å²) in [6.45, 7) is 33.5. The van der Waals surface area contributed by atoms with Gasteiger partial charge in [-0.2, -0.15) is 0 Å². The first-order valence-corrected chi connectivity index (χ1v) is 22.5. The molecule has 1 aromatic heterocycles. The lowest BCUT2D eigenvalue weighted by atomic mass is 10.1. The van der Waals surface area contributed by atoms with E-state index in [4.69, 9.17) is 18.0 Å². The number of nitrogens with one attached hydrogen (secondary N) is 1. The maximum Gasteiger partial charge on any atom is 0.330 e. The molecule has 0 bridgehead atoms. The van der Waals surface area contributed by atoms with E-state index in [9.17, 15) is 9.59 Å². The van der Waals surface area contributed by atoms with Crippen molar-refractivity contribution < 1.29 is 18.0 Å². The summed E-state index contributed by atoms with van der Waals surface area (Å²) in [5, 5.41) is -0.0648. The molecule has 0 spiro atoms. The van der Waals surface area contributed by atoms with Gasteiger partial charge in [0.2, 0.25) is 0 Å². The minimum atomic E-state index is -2.32. The van der Waals surface area contributed by atoms with Crippen LogP contribution in [-0.2, 0) is 18.0 Å². The Bertz CT molecular complexity index is 1080. The largest absolute Gasteiger partial charge is 0.414 e. The van der Waals surface area contributed by atoms with Crippen molar-refractivity contribution >= 4 is 25.0 Å². The fraction of sp³-hybridized carbons (Fsp3) is 0.852. The molecule has 2 heterocycles. The van der Waals surface area contributed by atoms with Crippen molar-refractivity contribution in [3.8, 4) is 0 Å². The van der Waals surface area contributed by atoms with E-state index in [1.807, 2.05) is 0 Å². The van der Waals surface area contributed by atoms with Gasteiger partial charge in [-0.15, -0.1) is 0 Å². The molecule has 1 saturated heterocycles. The van der Waals surface area contributed by atoms with Crippen LogP contribution in [0.2, 0.25) is 54.4 Å². The zero-order valence-electron chi connectivity index (χ0n) is 26.6. The Morgan fingerprint density at radius 1 is 0.789 bits per heavy atom. The van der Waals surface area contributed by atoms with Gasteiger partial charge in [-0.25, -0.2) is 4.79 Å². The van der Waals surface area contributed by atoms with Crippen molar-refractivity contribution in [2.45, 2.75) is 141 Å². The van der Waals surface area contributed by atoms with Crippen LogP contribution in [0.3, 0.4) is 0 Å². The van der Waals surface area contributed by atoms with Crippen LogP contribution in [0.4, 0.5) is 0 Å². The van der Waals surface area contributed by atoms with Gasteiger partial charge in [-0.05, 0) is 54.4 Å². The smallest absolute Gasteiger partial charge is 0.330 e. The molecule has 8 nitrogen and oxygen atoms in total. The Hall–Kier alpha value is -0.829. The number of H-pyrrole nitrogens is 1. The highest BCUT2D eigenvalue weighted by Gasteiger charge is 2.55. The fourth-order valence-electron chi connectivity index (χ4n) is 3.50. The molecular weight excluding hydrogens is 533 g/mol. The molecule has 2 rings (SSSR count). The van der Waals surface area contributed by atoms with Crippen LogP contribution in [-0.4, -0.2) is 59.4 Å². The standard InChI is InChI=1S/C27H54N2O6Si3/c1-25(2,3)36(10,11)32-18-19-21(34-37(12,13)26(4,5)6)22(35-38(14,15)27(7,8)9)23(33-19)29-17-16-20(30)28-24(29)31/h16-17,19,21-23H,18H2,1-15H3,(H,28,30,31)/t19-,21?,22?,23-/m0/s1. The number of hydrogen-bond acceptors (Lipinski definition) is 6. The molecule has 220 valence electrons. The number of rotatable bonds is 8. The van der Waals surface area contributed by atoms with E-state index >= 15 is 0 Å². The number of aromatic amines is 1. The third kappa shape index (κ3) is 7.27. The Balaban J connectivity index is 2.65. The van der Waals surface area contributed by atoms with Crippen LogP contribution in [0.15, 0.2) is 21.9 Å². The van der Waals surface area contributed by atoms with E-state index < -0.39 is 60.7 Å². The highest BCUT2D eigenvalue weighted by atomic mass is 28.4. The van der Waals surface area contributed by atoms with Gasteiger partial charge in [0.15, 0.2) is 31.2 Å². The van der Waals surface area contributed by atoms with Gasteiger partial charge in [0.25, 0.3) is 5.56 Å². The maximum absolute atomic E-state index is 13.0. The minimum Gasteiger partial charge on any atom is -0.414 e. The highest BCUT2D eigenvalue weighted by Crippen LogP contribution is 2.46. The predicted octanol–water partition coefficient (Wildman–Crippen LogP) is 6.24. The second kappa shape index (κ2) is 10.9. The van der Waals surface area contributed by atoms with Gasteiger partial charge in [0.05, 0.1) is 6.61 Å². The van der Waals surface area contributed by atoms with E-state index in [2.05, 4.69) is 107 Å². The molecule has 0 saturated carbocycles. The normalized spacial score (nSPS) is 24.2. The lowest BCUT2D eigenvalue weighted by Gasteiger charge is -2.44. The topological polar surface area (TPSA) is 91.8 Å². The third-order valence-electron chi connectivity index (χ3n) is 9.30. The van der Waals surface area contributed by atoms with Crippen molar-refractivity contribution in [2.75, 3.05) is 6.61 Å². The predicted molar refractivity (Wildman–Crippen MR) is 163 cm³/mol. The van der Waals surface area contributed by atoms with Gasteiger partial charge < -0.3 is 18.0 Å². The Kier molecular flexibility index (Phi) is 9.54. The van der Waals surface area contributed by atoms with Crippen molar-refractivity contribution in [1.82, 2.24) is 9.55 Å². The van der Waals surface area contributed by atoms with Crippen molar-refractivity contribution in [1.29, 1.82) is 0 Å². The third-order valence-corrected chi connectivity index (χ3v) is 22.7. The number of hydrogen-bond donors (Lipinski definition) is 1. The Morgan fingerprint density at radius 3 is 1.66 bits per heavy atom. The monoisotopic (exact) mass is 586 g/mol. The van der Waals surface area contributed by atoms with E-state index in [-0.39, 0.29) is 15.1 Å². The van der Waals surface area contributed by atoms with Gasteiger partial charge in [-0.3, -0.25) is 14.3 Å². The van der Waals surface area contributed by atoms with Gasteiger partial charge in [-0.1, -0.05) is 62.3 Å². The molecule has 1 aromatic rings. The molecule has 0 amide bonds. The lowest BCUT2D eigenvalue weighted by molar-refractivity contribution is -0.0510. The van der Waals surface area contributed by atoms with Crippen LogP contribution in [0.1, 0.15) is 68.5 Å². The molecule has 0 radical (unpaired) electrons. The van der Waals surface area contributed by atoms with E-state index in [0.717, 1.165) is 0 Å². The summed E-state index contributed by atoms with van der Waals surface area (Å²) in [6, 6.07) is 1.34. The summed E-state index contributed by atoms with van der Waals surface area (Å²) < 4.78 is 28.8. The first-order chi connectivity index (χ1) is 16.8. The average molecular weight is 587 g/mol. The maximum atomic E-state index is 13.0. The van der Waals surface area contributed by atoms with Gasteiger partial charge in [0.1, 0.15) is 18.3 Å². The molecule has 0 aromatic carbocycles. The summed E-state index contributed by atoms with van der Waals surface area (Å²) in [7, 11) is -6.68. The summed E-state index contributed by atoms with van der Waals surface area (Å²) in [5.41, 5.74) is -0.971. The van der Waals surface area contributed by atoms with Crippen LogP contribution in [0, 0.1) is 0 Å². The zero-order chi connectivity index (χ0) is 29.7. The SMILES string of the molecule is CC(C)(C)[Si](C)(C)OC[C@@H]1O[C@H](n2ccc(=O)[nH]c2=O)C(O[Si](C)(C)C(C)(C)C)C1O[Si](C)(C)C(C)(C)C. The molecule has 38 heavy (non-hydrogen) atoms. The molecule has 1 aliphatic heterocycles. The van der Waals surface area contributed by atoms with Gasteiger partial charge >= 0.3 is 5.69 Å². The lowest BCUT2D eigenvalue weighted by Crippen LogP contribution is -2.54. The molecule has 1 fully saturated rings. The average Bonchev–Trinajstić information content (AvgIpc) is 3.00. The number of ether oxygens (including phenoxy) is 1. The van der Waals surface area contributed by atoms with Crippen molar-refractivity contribution in [3.63, 3.8) is 0 Å².